The first kappa shape index (κ1) is 14.8. The highest BCUT2D eigenvalue weighted by molar-refractivity contribution is 8.22. The van der Waals surface area contributed by atoms with Crippen molar-refractivity contribution in [3.05, 3.63) is 71.3 Å². The average Bonchev–Trinajstić information content (AvgIpc) is 2.48. The molecule has 0 heterocycles. The third-order valence-corrected chi connectivity index (χ3v) is 4.04. The molecule has 0 saturated carbocycles. The Morgan fingerprint density at radius 1 is 1.15 bits per heavy atom. The molecule has 0 aliphatic carbocycles. The zero-order valence-electron chi connectivity index (χ0n) is 11.2. The lowest BCUT2D eigenvalue weighted by molar-refractivity contribution is 1.07. The minimum Gasteiger partial charge on any atom is -0.262 e. The summed E-state index contributed by atoms with van der Waals surface area (Å²) >= 11 is 6.81. The standard InChI is InChI=1S/C16H16N2S2/c1-13-7-5-6-10-15(13)11-17-18-16(19)20-12-14-8-3-2-4-9-14/h2-11H,12H2,1H3,(H,18,19)/b17-11+. The summed E-state index contributed by atoms with van der Waals surface area (Å²) in [6, 6.07) is 18.4. The summed E-state index contributed by atoms with van der Waals surface area (Å²) in [6.45, 7) is 2.06. The van der Waals surface area contributed by atoms with Gasteiger partial charge in [-0.2, -0.15) is 5.10 Å². The summed E-state index contributed by atoms with van der Waals surface area (Å²) in [5.74, 6) is 0.854. The molecule has 102 valence electrons. The van der Waals surface area contributed by atoms with E-state index in [-0.39, 0.29) is 0 Å². The Labute approximate surface area is 129 Å². The maximum Gasteiger partial charge on any atom is 0.154 e. The van der Waals surface area contributed by atoms with E-state index in [1.807, 2.05) is 36.4 Å². The lowest BCUT2D eigenvalue weighted by Crippen LogP contribution is -2.11. The summed E-state index contributed by atoms with van der Waals surface area (Å²) in [5.41, 5.74) is 6.44. The largest absolute Gasteiger partial charge is 0.262 e. The van der Waals surface area contributed by atoms with Gasteiger partial charge < -0.3 is 0 Å². The molecule has 2 nitrogen and oxygen atoms in total. The maximum absolute atomic E-state index is 5.24. The van der Waals surface area contributed by atoms with Crippen molar-refractivity contribution in [2.75, 3.05) is 0 Å². The predicted molar refractivity (Wildman–Crippen MR) is 92.2 cm³/mol. The van der Waals surface area contributed by atoms with Crippen LogP contribution in [0.1, 0.15) is 16.7 Å². The van der Waals surface area contributed by atoms with Crippen LogP contribution < -0.4 is 5.43 Å². The van der Waals surface area contributed by atoms with Crippen LogP contribution in [0.15, 0.2) is 59.7 Å². The first-order valence-electron chi connectivity index (χ1n) is 6.31. The van der Waals surface area contributed by atoms with Gasteiger partial charge in [0.05, 0.1) is 6.21 Å². The van der Waals surface area contributed by atoms with Crippen molar-refractivity contribution >= 4 is 34.5 Å². The lowest BCUT2D eigenvalue weighted by atomic mass is 10.1. The number of hydrogen-bond donors (Lipinski definition) is 1. The highest BCUT2D eigenvalue weighted by atomic mass is 32.2. The van der Waals surface area contributed by atoms with E-state index in [2.05, 4.69) is 35.7 Å². The van der Waals surface area contributed by atoms with Crippen molar-refractivity contribution in [2.24, 2.45) is 5.10 Å². The minimum absolute atomic E-state index is 0.679. The topological polar surface area (TPSA) is 24.4 Å². The number of thiocarbonyl (C=S) groups is 1. The smallest absolute Gasteiger partial charge is 0.154 e. The Balaban J connectivity index is 1.79. The number of rotatable bonds is 4. The second kappa shape index (κ2) is 7.82. The quantitative estimate of drug-likeness (QED) is 0.522. The average molecular weight is 300 g/mol. The maximum atomic E-state index is 5.24. The Morgan fingerprint density at radius 3 is 2.60 bits per heavy atom. The molecule has 0 saturated heterocycles. The summed E-state index contributed by atoms with van der Waals surface area (Å²) in [5, 5.41) is 4.18. The van der Waals surface area contributed by atoms with Gasteiger partial charge in [0.15, 0.2) is 4.32 Å². The molecule has 0 spiro atoms. The van der Waals surface area contributed by atoms with Gasteiger partial charge >= 0.3 is 0 Å². The van der Waals surface area contributed by atoms with E-state index in [9.17, 15) is 0 Å². The molecule has 2 aromatic rings. The van der Waals surface area contributed by atoms with E-state index in [4.69, 9.17) is 12.2 Å². The highest BCUT2D eigenvalue weighted by Gasteiger charge is 1.97. The van der Waals surface area contributed by atoms with E-state index in [1.165, 1.54) is 11.1 Å². The summed E-state index contributed by atoms with van der Waals surface area (Å²) in [4.78, 5) is 0. The molecular weight excluding hydrogens is 284 g/mol. The summed E-state index contributed by atoms with van der Waals surface area (Å²) in [6.07, 6.45) is 1.80. The molecule has 0 aliphatic rings. The van der Waals surface area contributed by atoms with Gasteiger partial charge in [0.2, 0.25) is 0 Å². The van der Waals surface area contributed by atoms with Crippen molar-refractivity contribution in [1.29, 1.82) is 0 Å². The van der Waals surface area contributed by atoms with Gasteiger partial charge in [-0.3, -0.25) is 5.43 Å². The number of nitrogens with zero attached hydrogens (tertiary/aromatic N) is 1. The molecule has 2 aromatic carbocycles. The first-order chi connectivity index (χ1) is 9.75. The van der Waals surface area contributed by atoms with Crippen LogP contribution in [0.2, 0.25) is 0 Å². The van der Waals surface area contributed by atoms with Crippen LogP contribution in [-0.4, -0.2) is 10.5 Å². The van der Waals surface area contributed by atoms with Gasteiger partial charge in [0.1, 0.15) is 0 Å². The highest BCUT2D eigenvalue weighted by Crippen LogP contribution is 2.12. The number of nitrogens with one attached hydrogen (secondary N) is 1. The fourth-order valence-corrected chi connectivity index (χ4v) is 2.48. The molecule has 4 heteroatoms. The van der Waals surface area contributed by atoms with E-state index < -0.39 is 0 Å². The van der Waals surface area contributed by atoms with E-state index in [1.54, 1.807) is 18.0 Å². The van der Waals surface area contributed by atoms with Crippen LogP contribution in [0, 0.1) is 6.92 Å². The van der Waals surface area contributed by atoms with Crippen LogP contribution in [0.5, 0.6) is 0 Å². The Bertz CT molecular complexity index is 594. The lowest BCUT2D eigenvalue weighted by Gasteiger charge is -2.03. The van der Waals surface area contributed by atoms with Crippen molar-refractivity contribution in [2.45, 2.75) is 12.7 Å². The van der Waals surface area contributed by atoms with Crippen LogP contribution in [-0.2, 0) is 5.75 Å². The van der Waals surface area contributed by atoms with Crippen LogP contribution in [0.25, 0.3) is 0 Å². The van der Waals surface area contributed by atoms with Crippen molar-refractivity contribution in [3.8, 4) is 0 Å². The van der Waals surface area contributed by atoms with Gasteiger partial charge in [-0.1, -0.05) is 78.6 Å². The minimum atomic E-state index is 0.679. The van der Waals surface area contributed by atoms with Crippen LogP contribution in [0.3, 0.4) is 0 Å². The fraction of sp³-hybridized carbons (Fsp3) is 0.125. The zero-order valence-corrected chi connectivity index (χ0v) is 12.9. The molecule has 0 unspecified atom stereocenters. The van der Waals surface area contributed by atoms with Gasteiger partial charge in [0.25, 0.3) is 0 Å². The molecule has 0 aromatic heterocycles. The Morgan fingerprint density at radius 2 is 1.85 bits per heavy atom. The number of benzene rings is 2. The molecule has 0 amide bonds. The third kappa shape index (κ3) is 4.79. The molecule has 0 radical (unpaired) electrons. The van der Waals surface area contributed by atoms with E-state index in [0.717, 1.165) is 11.3 Å². The van der Waals surface area contributed by atoms with Gasteiger partial charge in [-0.15, -0.1) is 0 Å². The van der Waals surface area contributed by atoms with Gasteiger partial charge in [0, 0.05) is 5.75 Å². The molecule has 0 fully saturated rings. The Hall–Kier alpha value is -1.65. The van der Waals surface area contributed by atoms with Crippen molar-refractivity contribution in [3.63, 3.8) is 0 Å². The zero-order chi connectivity index (χ0) is 14.2. The second-order valence-corrected chi connectivity index (χ2v) is 5.94. The van der Waals surface area contributed by atoms with E-state index >= 15 is 0 Å². The molecule has 20 heavy (non-hydrogen) atoms. The first-order valence-corrected chi connectivity index (χ1v) is 7.70. The number of hydrazone groups is 1. The number of hydrogen-bond acceptors (Lipinski definition) is 3. The molecule has 0 aliphatic heterocycles. The van der Waals surface area contributed by atoms with Crippen molar-refractivity contribution < 1.29 is 0 Å². The van der Waals surface area contributed by atoms with Gasteiger partial charge in [-0.25, -0.2) is 0 Å². The summed E-state index contributed by atoms with van der Waals surface area (Å²) < 4.78 is 0.679. The number of aryl methyl sites for hydroxylation is 1. The van der Waals surface area contributed by atoms with Gasteiger partial charge in [-0.05, 0) is 23.6 Å². The normalized spacial score (nSPS) is 10.7. The van der Waals surface area contributed by atoms with E-state index in [0.29, 0.717) is 4.32 Å². The Kier molecular flexibility index (Phi) is 5.77. The molecule has 2 rings (SSSR count). The molecule has 0 atom stereocenters. The second-order valence-electron chi connectivity index (χ2n) is 4.29. The monoisotopic (exact) mass is 300 g/mol. The fourth-order valence-electron chi connectivity index (χ4n) is 1.64. The van der Waals surface area contributed by atoms with Crippen molar-refractivity contribution in [1.82, 2.24) is 5.43 Å². The summed E-state index contributed by atoms with van der Waals surface area (Å²) in [7, 11) is 0. The molecule has 1 N–H and O–H groups in total. The number of thioether (sulfide) groups is 1. The molecule has 0 bridgehead atoms. The SMILES string of the molecule is Cc1ccccc1/C=N/NC(=S)SCc1ccccc1. The predicted octanol–water partition coefficient (Wildman–Crippen LogP) is 4.14. The molecular formula is C16H16N2S2. The van der Waals surface area contributed by atoms with Crippen LogP contribution in [0.4, 0.5) is 0 Å². The third-order valence-electron chi connectivity index (χ3n) is 2.76. The van der Waals surface area contributed by atoms with Crippen LogP contribution >= 0.6 is 24.0 Å².